The smallest absolute Gasteiger partial charge is 0.119 e. The van der Waals surface area contributed by atoms with Gasteiger partial charge in [0.25, 0.3) is 0 Å². The minimum atomic E-state index is 0.400. The van der Waals surface area contributed by atoms with Gasteiger partial charge < -0.3 is 9.84 Å². The molecule has 3 fully saturated rings. The Balaban J connectivity index is 1.54. The Labute approximate surface area is 139 Å². The Morgan fingerprint density at radius 2 is 2.17 bits per heavy atom. The van der Waals surface area contributed by atoms with Crippen LogP contribution in [-0.4, -0.2) is 18.8 Å². The Bertz CT molecular complexity index is 653. The van der Waals surface area contributed by atoms with E-state index in [-0.39, 0.29) is 0 Å². The number of aryl methyl sites for hydroxylation is 1. The predicted molar refractivity (Wildman–Crippen MR) is 90.6 cm³/mol. The molecule has 2 nitrogen and oxygen atoms in total. The Morgan fingerprint density at radius 1 is 1.30 bits per heavy atom. The summed E-state index contributed by atoms with van der Waals surface area (Å²) >= 11 is 0. The van der Waals surface area contributed by atoms with Crippen LogP contribution in [0, 0.1) is 28.6 Å². The largest absolute Gasteiger partial charge is 0.497 e. The summed E-state index contributed by atoms with van der Waals surface area (Å²) in [4.78, 5) is 0. The molecule has 3 saturated carbocycles. The molecule has 2 unspecified atom stereocenters. The first-order chi connectivity index (χ1) is 11.1. The quantitative estimate of drug-likeness (QED) is 0.888. The average Bonchev–Trinajstić information content (AvgIpc) is 3.24. The van der Waals surface area contributed by atoms with Crippen LogP contribution in [-0.2, 0) is 6.42 Å². The van der Waals surface area contributed by atoms with Crippen LogP contribution < -0.4 is 4.74 Å². The highest BCUT2D eigenvalue weighted by Crippen LogP contribution is 2.83. The molecular weight excluding hydrogens is 284 g/mol. The van der Waals surface area contributed by atoms with Crippen molar-refractivity contribution in [2.24, 2.45) is 28.6 Å². The monoisotopic (exact) mass is 312 g/mol. The summed E-state index contributed by atoms with van der Waals surface area (Å²) in [7, 11) is 1.76. The predicted octanol–water partition coefficient (Wildman–Crippen LogP) is 4.16. The van der Waals surface area contributed by atoms with Gasteiger partial charge in [0, 0.05) is 6.61 Å². The number of benzene rings is 1. The molecule has 0 saturated heterocycles. The molecule has 1 N–H and O–H groups in total. The van der Waals surface area contributed by atoms with Crippen LogP contribution in [0.15, 0.2) is 18.2 Å². The summed E-state index contributed by atoms with van der Waals surface area (Å²) in [6.07, 6.45) is 7.89. The van der Waals surface area contributed by atoms with E-state index in [1.54, 1.807) is 12.7 Å². The lowest BCUT2D eigenvalue weighted by Crippen LogP contribution is -2.46. The minimum Gasteiger partial charge on any atom is -0.497 e. The van der Waals surface area contributed by atoms with Crippen molar-refractivity contribution in [1.82, 2.24) is 0 Å². The fourth-order valence-corrected chi connectivity index (χ4v) is 7.36. The van der Waals surface area contributed by atoms with E-state index in [0.29, 0.717) is 23.4 Å². The maximum Gasteiger partial charge on any atom is 0.119 e. The molecule has 124 valence electrons. The molecule has 5 rings (SSSR count). The van der Waals surface area contributed by atoms with Crippen LogP contribution in [0.25, 0.3) is 0 Å². The maximum absolute atomic E-state index is 9.90. The molecule has 0 heterocycles. The summed E-state index contributed by atoms with van der Waals surface area (Å²) in [6, 6.07) is 6.77. The van der Waals surface area contributed by atoms with Crippen molar-refractivity contribution in [3.8, 4) is 5.75 Å². The summed E-state index contributed by atoms with van der Waals surface area (Å²) < 4.78 is 5.43. The van der Waals surface area contributed by atoms with Crippen molar-refractivity contribution in [3.63, 3.8) is 0 Å². The lowest BCUT2D eigenvalue weighted by Gasteiger charge is -2.53. The zero-order valence-corrected chi connectivity index (χ0v) is 14.3. The highest BCUT2D eigenvalue weighted by molar-refractivity contribution is 5.42. The Hall–Kier alpha value is -1.02. The van der Waals surface area contributed by atoms with Crippen molar-refractivity contribution >= 4 is 0 Å². The van der Waals surface area contributed by atoms with E-state index < -0.39 is 0 Å². The van der Waals surface area contributed by atoms with Gasteiger partial charge >= 0.3 is 0 Å². The maximum atomic E-state index is 9.90. The zero-order chi connectivity index (χ0) is 15.8. The number of ether oxygens (including phenoxy) is 1. The van der Waals surface area contributed by atoms with Crippen molar-refractivity contribution < 1.29 is 9.84 Å². The lowest BCUT2D eigenvalue weighted by atomic mass is 9.51. The van der Waals surface area contributed by atoms with E-state index in [0.717, 1.165) is 23.5 Å². The third kappa shape index (κ3) is 1.59. The van der Waals surface area contributed by atoms with Gasteiger partial charge in [0.15, 0.2) is 0 Å². The van der Waals surface area contributed by atoms with Gasteiger partial charge in [0.1, 0.15) is 5.75 Å². The van der Waals surface area contributed by atoms with Crippen molar-refractivity contribution in [2.45, 2.75) is 51.4 Å². The van der Waals surface area contributed by atoms with Crippen LogP contribution in [0.4, 0.5) is 0 Å². The van der Waals surface area contributed by atoms with Crippen molar-refractivity contribution in [2.75, 3.05) is 13.7 Å². The number of fused-ring (bicyclic) bond motifs is 3. The van der Waals surface area contributed by atoms with Gasteiger partial charge in [-0.3, -0.25) is 0 Å². The number of rotatable bonds is 2. The molecule has 0 aliphatic heterocycles. The molecule has 4 aliphatic carbocycles. The van der Waals surface area contributed by atoms with Crippen LogP contribution in [0.1, 0.15) is 56.1 Å². The molecule has 6 atom stereocenters. The average molecular weight is 312 g/mol. The van der Waals surface area contributed by atoms with Gasteiger partial charge in [-0.15, -0.1) is 0 Å². The van der Waals surface area contributed by atoms with E-state index in [1.807, 2.05) is 0 Å². The highest BCUT2D eigenvalue weighted by Gasteiger charge is 2.76. The molecule has 0 radical (unpaired) electrons. The topological polar surface area (TPSA) is 29.5 Å². The second-order valence-corrected chi connectivity index (χ2v) is 8.83. The third-order valence-corrected chi connectivity index (χ3v) is 8.50. The normalized spacial score (nSPS) is 46.4. The van der Waals surface area contributed by atoms with Crippen LogP contribution in [0.5, 0.6) is 5.75 Å². The third-order valence-electron chi connectivity index (χ3n) is 8.50. The first-order valence-electron chi connectivity index (χ1n) is 9.41. The molecule has 2 heteroatoms. The number of methoxy groups -OCH3 is 1. The number of hydrogen-bond acceptors (Lipinski definition) is 2. The SMILES string of the molecule is COc1ccc2c(c1)CC[C@@H]1[C@@H]2CC[C@]2(C)C(CO)CC3C[C@]312. The molecule has 1 spiro atoms. The Kier molecular flexibility index (Phi) is 2.83. The van der Waals surface area contributed by atoms with E-state index in [9.17, 15) is 5.11 Å². The highest BCUT2D eigenvalue weighted by atomic mass is 16.5. The fraction of sp³-hybridized carbons (Fsp3) is 0.714. The summed E-state index contributed by atoms with van der Waals surface area (Å²) in [5, 5.41) is 9.90. The zero-order valence-electron chi connectivity index (χ0n) is 14.3. The Morgan fingerprint density at radius 3 is 2.96 bits per heavy atom. The molecule has 23 heavy (non-hydrogen) atoms. The van der Waals surface area contributed by atoms with Crippen LogP contribution in [0.3, 0.4) is 0 Å². The summed E-state index contributed by atoms with van der Waals surface area (Å²) in [5.41, 5.74) is 4.09. The van der Waals surface area contributed by atoms with Crippen molar-refractivity contribution in [1.29, 1.82) is 0 Å². The standard InChI is InChI=1S/C21H28O2/c1-20-8-7-18-17-5-4-16(23-2)9-13(17)3-6-19(18)21(20)11-14(21)10-15(20)12-22/h4-5,9,14-15,18-19,22H,3,6-8,10-12H2,1-2H3/t14?,15?,18-,19-,20-,21+/m1/s1. The first kappa shape index (κ1) is 14.3. The lowest BCUT2D eigenvalue weighted by molar-refractivity contribution is -0.0273. The second kappa shape index (κ2) is 4.53. The second-order valence-electron chi connectivity index (χ2n) is 8.83. The van der Waals surface area contributed by atoms with Gasteiger partial charge in [-0.1, -0.05) is 13.0 Å². The minimum absolute atomic E-state index is 0.400. The summed E-state index contributed by atoms with van der Waals surface area (Å²) in [6.45, 7) is 2.92. The van der Waals surface area contributed by atoms with Gasteiger partial charge in [-0.05, 0) is 96.3 Å². The summed E-state index contributed by atoms with van der Waals surface area (Å²) in [5.74, 6) is 4.06. The van der Waals surface area contributed by atoms with Crippen LogP contribution in [0.2, 0.25) is 0 Å². The fourth-order valence-electron chi connectivity index (χ4n) is 7.36. The number of aliphatic hydroxyl groups is 1. The molecule has 4 aliphatic rings. The van der Waals surface area contributed by atoms with Gasteiger partial charge in [0.2, 0.25) is 0 Å². The molecule has 0 amide bonds. The van der Waals surface area contributed by atoms with Crippen molar-refractivity contribution in [3.05, 3.63) is 29.3 Å². The first-order valence-corrected chi connectivity index (χ1v) is 9.41. The van der Waals surface area contributed by atoms with E-state index in [2.05, 4.69) is 25.1 Å². The van der Waals surface area contributed by atoms with Gasteiger partial charge in [0.05, 0.1) is 7.11 Å². The molecule has 0 aromatic heterocycles. The number of aliphatic hydroxyl groups excluding tert-OH is 1. The molecule has 1 aromatic rings. The van der Waals surface area contributed by atoms with E-state index >= 15 is 0 Å². The van der Waals surface area contributed by atoms with Crippen LogP contribution >= 0.6 is 0 Å². The van der Waals surface area contributed by atoms with Gasteiger partial charge in [-0.25, -0.2) is 0 Å². The van der Waals surface area contributed by atoms with Gasteiger partial charge in [-0.2, -0.15) is 0 Å². The van der Waals surface area contributed by atoms with E-state index in [4.69, 9.17) is 4.74 Å². The molecule has 1 aromatic carbocycles. The molecule has 0 bridgehead atoms. The molecular formula is C21H28O2. The number of hydrogen-bond donors (Lipinski definition) is 1. The van der Waals surface area contributed by atoms with E-state index in [1.165, 1.54) is 44.1 Å².